The monoisotopic (exact) mass is 205 g/mol. The predicted molar refractivity (Wildman–Crippen MR) is 45.0 cm³/mol. The van der Waals surface area contributed by atoms with Gasteiger partial charge in [-0.3, -0.25) is 4.79 Å². The Morgan fingerprint density at radius 3 is 2.79 bits per heavy atom. The number of hydrogen-bond acceptors (Lipinski definition) is 3. The van der Waals surface area contributed by atoms with Crippen LogP contribution < -0.4 is 5.32 Å². The van der Waals surface area contributed by atoms with Crippen molar-refractivity contribution >= 4 is 5.97 Å². The molecule has 14 heavy (non-hydrogen) atoms. The first-order valence-electron chi connectivity index (χ1n) is 4.73. The van der Waals surface area contributed by atoms with Gasteiger partial charge in [0.1, 0.15) is 0 Å². The topological polar surface area (TPSA) is 38.3 Å². The molecule has 1 heterocycles. The molecule has 0 bridgehead atoms. The van der Waals surface area contributed by atoms with E-state index >= 15 is 0 Å². The van der Waals surface area contributed by atoms with Crippen LogP contribution in [0.1, 0.15) is 12.8 Å². The molecule has 5 heteroatoms. The van der Waals surface area contributed by atoms with Crippen molar-refractivity contribution in [3.8, 4) is 0 Å². The third kappa shape index (κ3) is 1.39. The Balaban J connectivity index is 2.05. The van der Waals surface area contributed by atoms with Gasteiger partial charge < -0.3 is 10.1 Å². The second kappa shape index (κ2) is 3.15. The average Bonchev–Trinajstić information content (AvgIpc) is 2.67. The van der Waals surface area contributed by atoms with Gasteiger partial charge in [0.2, 0.25) is 0 Å². The molecule has 80 valence electrons. The van der Waals surface area contributed by atoms with E-state index in [9.17, 15) is 13.6 Å². The summed E-state index contributed by atoms with van der Waals surface area (Å²) in [6.07, 6.45) is 0.726. The highest BCUT2D eigenvalue weighted by atomic mass is 19.3. The summed E-state index contributed by atoms with van der Waals surface area (Å²) in [6.45, 7) is -0.254. The normalized spacial score (nSPS) is 39.5. The molecule has 0 radical (unpaired) electrons. The molecule has 1 saturated heterocycles. The SMILES string of the molecule is COC(=O)C1CC2NCC(F)(F)C2C1. The molecule has 0 aromatic heterocycles. The minimum atomic E-state index is -2.66. The molecule has 0 aromatic carbocycles. The van der Waals surface area contributed by atoms with E-state index in [1.807, 2.05) is 0 Å². The second-order valence-corrected chi connectivity index (χ2v) is 4.05. The third-order valence-corrected chi connectivity index (χ3v) is 3.24. The maximum absolute atomic E-state index is 13.2. The van der Waals surface area contributed by atoms with Crippen LogP contribution in [-0.4, -0.2) is 31.6 Å². The van der Waals surface area contributed by atoms with E-state index in [-0.39, 0.29) is 30.9 Å². The summed E-state index contributed by atoms with van der Waals surface area (Å²) >= 11 is 0. The maximum atomic E-state index is 13.2. The van der Waals surface area contributed by atoms with E-state index in [2.05, 4.69) is 10.1 Å². The lowest BCUT2D eigenvalue weighted by atomic mass is 9.99. The van der Waals surface area contributed by atoms with Gasteiger partial charge in [0.05, 0.1) is 19.6 Å². The molecule has 0 aromatic rings. The Labute approximate surface area is 80.8 Å². The molecule has 0 amide bonds. The smallest absolute Gasteiger partial charge is 0.308 e. The highest BCUT2D eigenvalue weighted by Crippen LogP contribution is 2.44. The summed E-state index contributed by atoms with van der Waals surface area (Å²) in [5.74, 6) is -4.06. The number of hydrogen-bond donors (Lipinski definition) is 1. The van der Waals surface area contributed by atoms with Gasteiger partial charge in [-0.25, -0.2) is 8.78 Å². The Bertz CT molecular complexity index is 257. The van der Waals surface area contributed by atoms with Crippen molar-refractivity contribution < 1.29 is 18.3 Å². The number of carbonyl (C=O) groups is 1. The molecule has 1 aliphatic heterocycles. The first kappa shape index (κ1) is 9.83. The van der Waals surface area contributed by atoms with Crippen molar-refractivity contribution in [2.75, 3.05) is 13.7 Å². The number of methoxy groups -OCH3 is 1. The van der Waals surface area contributed by atoms with Crippen LogP contribution in [0.3, 0.4) is 0 Å². The molecule has 2 aliphatic rings. The lowest BCUT2D eigenvalue weighted by molar-refractivity contribution is -0.145. The molecule has 1 aliphatic carbocycles. The minimum Gasteiger partial charge on any atom is -0.469 e. The predicted octanol–water partition coefficient (Wildman–Crippen LogP) is 0.793. The van der Waals surface area contributed by atoms with E-state index < -0.39 is 11.8 Å². The molecule has 1 N–H and O–H groups in total. The lowest BCUT2D eigenvalue weighted by Crippen LogP contribution is -2.28. The van der Waals surface area contributed by atoms with Gasteiger partial charge in [-0.05, 0) is 12.8 Å². The van der Waals surface area contributed by atoms with Gasteiger partial charge in [0, 0.05) is 12.0 Å². The zero-order valence-electron chi connectivity index (χ0n) is 7.93. The Morgan fingerprint density at radius 2 is 2.21 bits per heavy atom. The van der Waals surface area contributed by atoms with Crippen LogP contribution >= 0.6 is 0 Å². The van der Waals surface area contributed by atoms with E-state index in [0.29, 0.717) is 6.42 Å². The van der Waals surface area contributed by atoms with Crippen LogP contribution in [0.15, 0.2) is 0 Å². The largest absolute Gasteiger partial charge is 0.469 e. The molecule has 0 spiro atoms. The Hall–Kier alpha value is -0.710. The van der Waals surface area contributed by atoms with E-state index in [0.717, 1.165) is 0 Å². The molecular weight excluding hydrogens is 192 g/mol. The standard InChI is InChI=1S/C9H13F2NO2/c1-14-8(13)5-2-6-7(3-5)12-4-9(6,10)11/h5-7,12H,2-4H2,1H3. The third-order valence-electron chi connectivity index (χ3n) is 3.24. The van der Waals surface area contributed by atoms with Gasteiger partial charge in [-0.15, -0.1) is 0 Å². The summed E-state index contributed by atoms with van der Waals surface area (Å²) in [5.41, 5.74) is 0. The minimum absolute atomic E-state index is 0.214. The lowest BCUT2D eigenvalue weighted by Gasteiger charge is -2.16. The summed E-state index contributed by atoms with van der Waals surface area (Å²) in [5, 5.41) is 2.76. The van der Waals surface area contributed by atoms with Crippen LogP contribution in [0.4, 0.5) is 8.78 Å². The fraction of sp³-hybridized carbons (Fsp3) is 0.889. The van der Waals surface area contributed by atoms with Crippen molar-refractivity contribution in [3.63, 3.8) is 0 Å². The number of alkyl halides is 2. The molecule has 2 rings (SSSR count). The Morgan fingerprint density at radius 1 is 1.50 bits per heavy atom. The number of halogens is 2. The van der Waals surface area contributed by atoms with Gasteiger partial charge in [-0.2, -0.15) is 0 Å². The van der Waals surface area contributed by atoms with Crippen LogP contribution in [0.25, 0.3) is 0 Å². The highest BCUT2D eigenvalue weighted by Gasteiger charge is 2.55. The second-order valence-electron chi connectivity index (χ2n) is 4.05. The van der Waals surface area contributed by atoms with Crippen LogP contribution in [0.5, 0.6) is 0 Å². The molecule has 2 fully saturated rings. The maximum Gasteiger partial charge on any atom is 0.308 e. The summed E-state index contributed by atoms with van der Waals surface area (Å²) in [7, 11) is 1.29. The quantitative estimate of drug-likeness (QED) is 0.643. The van der Waals surface area contributed by atoms with Crippen molar-refractivity contribution in [3.05, 3.63) is 0 Å². The van der Waals surface area contributed by atoms with E-state index in [4.69, 9.17) is 0 Å². The summed E-state index contributed by atoms with van der Waals surface area (Å²) in [6, 6.07) is -0.214. The first-order chi connectivity index (χ1) is 6.54. The van der Waals surface area contributed by atoms with Crippen LogP contribution in [0, 0.1) is 11.8 Å². The number of esters is 1. The number of nitrogens with one attached hydrogen (secondary N) is 1. The fourth-order valence-electron chi connectivity index (χ4n) is 2.49. The van der Waals surface area contributed by atoms with Crippen molar-refractivity contribution in [1.82, 2.24) is 5.32 Å². The van der Waals surface area contributed by atoms with E-state index in [1.54, 1.807) is 0 Å². The number of ether oxygens (including phenoxy) is 1. The summed E-state index contributed by atoms with van der Waals surface area (Å²) in [4.78, 5) is 11.2. The highest BCUT2D eigenvalue weighted by molar-refractivity contribution is 5.72. The van der Waals surface area contributed by atoms with Crippen molar-refractivity contribution in [2.45, 2.75) is 24.8 Å². The van der Waals surface area contributed by atoms with Crippen LogP contribution in [-0.2, 0) is 9.53 Å². The molecular formula is C9H13F2NO2. The van der Waals surface area contributed by atoms with Gasteiger partial charge in [0.25, 0.3) is 5.92 Å². The molecule has 3 atom stereocenters. The van der Waals surface area contributed by atoms with Gasteiger partial charge in [0.15, 0.2) is 0 Å². The van der Waals surface area contributed by atoms with Crippen molar-refractivity contribution in [2.24, 2.45) is 11.8 Å². The molecule has 1 saturated carbocycles. The molecule has 3 unspecified atom stereocenters. The number of fused-ring (bicyclic) bond motifs is 1. The molecule has 3 nitrogen and oxygen atoms in total. The zero-order chi connectivity index (χ0) is 10.3. The summed E-state index contributed by atoms with van der Waals surface area (Å²) < 4.78 is 31.0. The van der Waals surface area contributed by atoms with Gasteiger partial charge in [-0.1, -0.05) is 0 Å². The zero-order valence-corrected chi connectivity index (χ0v) is 7.93. The van der Waals surface area contributed by atoms with Gasteiger partial charge >= 0.3 is 5.97 Å². The van der Waals surface area contributed by atoms with E-state index in [1.165, 1.54) is 7.11 Å². The number of carbonyl (C=O) groups excluding carboxylic acids is 1. The van der Waals surface area contributed by atoms with Crippen LogP contribution in [0.2, 0.25) is 0 Å². The Kier molecular flexibility index (Phi) is 2.21. The number of rotatable bonds is 1. The fourth-order valence-corrected chi connectivity index (χ4v) is 2.49. The first-order valence-corrected chi connectivity index (χ1v) is 4.73. The van der Waals surface area contributed by atoms with Crippen molar-refractivity contribution in [1.29, 1.82) is 0 Å². The average molecular weight is 205 g/mol.